The molecule has 28 heavy (non-hydrogen) atoms. The van der Waals surface area contributed by atoms with Gasteiger partial charge in [-0.25, -0.2) is 9.97 Å². The third-order valence-corrected chi connectivity index (χ3v) is 6.49. The van der Waals surface area contributed by atoms with Crippen LogP contribution >= 0.6 is 27.3 Å². The fraction of sp³-hybridized carbons (Fsp3) is 0.0909. The van der Waals surface area contributed by atoms with Crippen LogP contribution in [0.2, 0.25) is 0 Å². The maximum atomic E-state index is 5.55. The summed E-state index contributed by atoms with van der Waals surface area (Å²) in [6, 6.07) is 18.3. The molecule has 5 rings (SSSR count). The van der Waals surface area contributed by atoms with Gasteiger partial charge in [0.05, 0.1) is 29.3 Å². The van der Waals surface area contributed by atoms with Crippen molar-refractivity contribution in [1.29, 1.82) is 0 Å². The fourth-order valence-corrected chi connectivity index (χ4v) is 5.12. The minimum atomic E-state index is 0.590. The number of hydrogen-bond acceptors (Lipinski definition) is 5. The first kappa shape index (κ1) is 17.4. The first-order valence-electron chi connectivity index (χ1n) is 8.69. The predicted molar refractivity (Wildman–Crippen MR) is 118 cm³/mol. The number of hydrogen-bond donors (Lipinski definition) is 0. The molecule has 0 amide bonds. The molecule has 0 saturated carbocycles. The summed E-state index contributed by atoms with van der Waals surface area (Å²) in [6.45, 7) is 0. The Morgan fingerprint density at radius 3 is 2.46 bits per heavy atom. The van der Waals surface area contributed by atoms with Crippen LogP contribution < -0.4 is 9.47 Å². The van der Waals surface area contributed by atoms with Gasteiger partial charge in [0.1, 0.15) is 16.1 Å². The molecule has 0 spiro atoms. The number of halogens is 1. The normalized spacial score (nSPS) is 11.4. The lowest BCUT2D eigenvalue weighted by molar-refractivity contribution is 0.400. The van der Waals surface area contributed by atoms with Gasteiger partial charge >= 0.3 is 0 Å². The highest BCUT2D eigenvalue weighted by Crippen LogP contribution is 2.49. The number of pyridine rings is 1. The Balaban J connectivity index is 1.95. The maximum absolute atomic E-state index is 5.55. The van der Waals surface area contributed by atoms with E-state index in [1.54, 1.807) is 25.6 Å². The highest BCUT2D eigenvalue weighted by Gasteiger charge is 2.24. The monoisotopic (exact) mass is 450 g/mol. The first-order valence-corrected chi connectivity index (χ1v) is 10.3. The van der Waals surface area contributed by atoms with Gasteiger partial charge in [0.25, 0.3) is 0 Å². The van der Waals surface area contributed by atoms with Crippen molar-refractivity contribution in [2.75, 3.05) is 14.2 Å². The molecule has 2 heterocycles. The Labute approximate surface area is 174 Å². The second-order valence-electron chi connectivity index (χ2n) is 6.34. The summed E-state index contributed by atoms with van der Waals surface area (Å²) in [5.41, 5.74) is 4.13. The zero-order valence-electron chi connectivity index (χ0n) is 15.2. The molecule has 0 saturated heterocycles. The van der Waals surface area contributed by atoms with E-state index in [2.05, 4.69) is 57.3 Å². The van der Waals surface area contributed by atoms with Gasteiger partial charge in [-0.15, -0.1) is 11.3 Å². The van der Waals surface area contributed by atoms with Crippen LogP contribution in [0.5, 0.6) is 11.6 Å². The Kier molecular flexibility index (Phi) is 4.18. The number of nitrogens with zero attached hydrogens (tertiary/aromatic N) is 2. The molecule has 0 radical (unpaired) electrons. The van der Waals surface area contributed by atoms with E-state index < -0.39 is 0 Å². The summed E-state index contributed by atoms with van der Waals surface area (Å²) in [4.78, 5) is 11.5. The van der Waals surface area contributed by atoms with Crippen molar-refractivity contribution in [2.45, 2.75) is 0 Å². The van der Waals surface area contributed by atoms with Crippen molar-refractivity contribution in [3.8, 4) is 33.3 Å². The second-order valence-corrected chi connectivity index (χ2v) is 8.20. The van der Waals surface area contributed by atoms with E-state index in [0.29, 0.717) is 5.88 Å². The summed E-state index contributed by atoms with van der Waals surface area (Å²) in [6.07, 6.45) is 0. The number of methoxy groups -OCH3 is 2. The van der Waals surface area contributed by atoms with Gasteiger partial charge in [0.2, 0.25) is 5.88 Å². The van der Waals surface area contributed by atoms with Crippen molar-refractivity contribution in [1.82, 2.24) is 9.97 Å². The smallest absolute Gasteiger partial charge is 0.214 e. The lowest BCUT2D eigenvalue weighted by Crippen LogP contribution is -1.90. The molecule has 4 nitrogen and oxygen atoms in total. The molecule has 0 unspecified atom stereocenters. The quantitative estimate of drug-likeness (QED) is 0.319. The number of rotatable bonds is 3. The summed E-state index contributed by atoms with van der Waals surface area (Å²) < 4.78 is 11.8. The highest BCUT2D eigenvalue weighted by molar-refractivity contribution is 9.10. The molecular weight excluding hydrogens is 436 g/mol. The number of benzene rings is 2. The van der Waals surface area contributed by atoms with Crippen LogP contribution in [0.4, 0.5) is 0 Å². The van der Waals surface area contributed by atoms with Crippen molar-refractivity contribution in [3.05, 3.63) is 59.1 Å². The molecular formula is C22H15BrN2O2S. The molecule has 2 aliphatic rings. The Bertz CT molecular complexity index is 1300. The van der Waals surface area contributed by atoms with Gasteiger partial charge in [-0.2, -0.15) is 0 Å². The largest absolute Gasteiger partial charge is 0.496 e. The minimum Gasteiger partial charge on any atom is -0.496 e. The molecule has 0 atom stereocenters. The van der Waals surface area contributed by atoms with Crippen LogP contribution in [0, 0.1) is 0 Å². The van der Waals surface area contributed by atoms with E-state index in [4.69, 9.17) is 14.5 Å². The molecule has 0 fully saturated rings. The van der Waals surface area contributed by atoms with Crippen LogP contribution in [0.3, 0.4) is 0 Å². The van der Waals surface area contributed by atoms with E-state index in [1.165, 1.54) is 0 Å². The molecule has 6 heteroatoms. The van der Waals surface area contributed by atoms with E-state index in [1.807, 2.05) is 18.2 Å². The molecule has 0 N–H and O–H groups in total. The van der Waals surface area contributed by atoms with E-state index in [0.717, 1.165) is 53.0 Å². The average molecular weight is 451 g/mol. The molecule has 0 bridgehead atoms. The van der Waals surface area contributed by atoms with Gasteiger partial charge in [-0.3, -0.25) is 0 Å². The zero-order chi connectivity index (χ0) is 19.3. The topological polar surface area (TPSA) is 44.2 Å². The van der Waals surface area contributed by atoms with E-state index in [9.17, 15) is 0 Å². The van der Waals surface area contributed by atoms with Crippen LogP contribution in [-0.2, 0) is 0 Å². The van der Waals surface area contributed by atoms with Gasteiger partial charge < -0.3 is 9.47 Å². The van der Waals surface area contributed by atoms with Crippen molar-refractivity contribution >= 4 is 48.4 Å². The summed E-state index contributed by atoms with van der Waals surface area (Å²) in [5.74, 6) is 1.39. The number of aromatic nitrogens is 2. The average Bonchev–Trinajstić information content (AvgIpc) is 3.03. The van der Waals surface area contributed by atoms with E-state index >= 15 is 0 Å². The second kappa shape index (κ2) is 6.72. The zero-order valence-corrected chi connectivity index (χ0v) is 17.6. The van der Waals surface area contributed by atoms with Crippen LogP contribution in [0.15, 0.2) is 59.1 Å². The van der Waals surface area contributed by atoms with Gasteiger partial charge in [0, 0.05) is 17.0 Å². The van der Waals surface area contributed by atoms with E-state index in [-0.39, 0.29) is 0 Å². The number of ether oxygens (including phenoxy) is 2. The minimum absolute atomic E-state index is 0.590. The summed E-state index contributed by atoms with van der Waals surface area (Å²) in [5, 5.41) is 2.21. The third kappa shape index (κ3) is 2.64. The van der Waals surface area contributed by atoms with Gasteiger partial charge in [-0.1, -0.05) is 30.3 Å². The lowest BCUT2D eigenvalue weighted by atomic mass is 10.0. The standard InChI is InChI=1S/C22H15BrN2O2S/c1-26-17-11-13-14(10-15(17)23)20-21(19(13)12-6-4-3-5-7-12)28-22-16(24-20)8-9-18(25-22)27-2/h3-11H,1-2H3. The maximum Gasteiger partial charge on any atom is 0.214 e. The molecule has 138 valence electrons. The van der Waals surface area contributed by atoms with Crippen LogP contribution in [0.1, 0.15) is 0 Å². The summed E-state index contributed by atoms with van der Waals surface area (Å²) >= 11 is 5.26. The lowest BCUT2D eigenvalue weighted by Gasteiger charge is -2.06. The van der Waals surface area contributed by atoms with Crippen LogP contribution in [-0.4, -0.2) is 24.2 Å². The highest BCUT2D eigenvalue weighted by atomic mass is 79.9. The third-order valence-electron chi connectivity index (χ3n) is 4.78. The molecule has 1 aliphatic carbocycles. The number of fused-ring (bicyclic) bond motifs is 4. The van der Waals surface area contributed by atoms with Crippen LogP contribution in [0.25, 0.3) is 42.8 Å². The first-order chi connectivity index (χ1) is 13.7. The predicted octanol–water partition coefficient (Wildman–Crippen LogP) is 6.40. The van der Waals surface area contributed by atoms with Crippen molar-refractivity contribution in [2.24, 2.45) is 0 Å². The molecule has 1 aromatic heterocycles. The van der Waals surface area contributed by atoms with Crippen molar-refractivity contribution in [3.63, 3.8) is 0 Å². The van der Waals surface area contributed by atoms with Gasteiger partial charge in [-0.05, 0) is 45.1 Å². The summed E-state index contributed by atoms with van der Waals surface area (Å²) in [7, 11) is 3.31. The SMILES string of the molecule is COc1ccc2nc3c4cc(Br)c(OC)cc4c(-c4ccccc4)c-3sc2n1. The molecule has 2 aromatic carbocycles. The fourth-order valence-electron chi connectivity index (χ4n) is 3.48. The Morgan fingerprint density at radius 1 is 0.893 bits per heavy atom. The van der Waals surface area contributed by atoms with Crippen molar-refractivity contribution < 1.29 is 9.47 Å². The Hall–Kier alpha value is -2.70. The molecule has 1 aliphatic heterocycles. The molecule has 3 aromatic rings. The Morgan fingerprint density at radius 2 is 1.71 bits per heavy atom. The van der Waals surface area contributed by atoms with Gasteiger partial charge in [0.15, 0.2) is 0 Å².